The van der Waals surface area contributed by atoms with Crippen LogP contribution in [0.15, 0.2) is 88.4 Å². The number of hydrogen-bond acceptors (Lipinski definition) is 4. The quantitative estimate of drug-likeness (QED) is 0.548. The first kappa shape index (κ1) is 22.8. The van der Waals surface area contributed by atoms with Crippen LogP contribution in [0.3, 0.4) is 0 Å². The topological polar surface area (TPSA) is 74.7 Å². The van der Waals surface area contributed by atoms with Crippen molar-refractivity contribution >= 4 is 15.7 Å². The van der Waals surface area contributed by atoms with Crippen LogP contribution in [0.4, 0.5) is 0 Å². The highest BCUT2D eigenvalue weighted by atomic mass is 32.2. The molecule has 1 heterocycles. The van der Waals surface area contributed by atoms with Gasteiger partial charge >= 0.3 is 0 Å². The lowest BCUT2D eigenvalue weighted by atomic mass is 10.0. The fraction of sp³-hybridized carbons (Fsp3) is 0.222. The van der Waals surface area contributed by atoms with Crippen molar-refractivity contribution in [3.63, 3.8) is 0 Å². The number of nitrogens with zero attached hydrogens (tertiary/aromatic N) is 1. The van der Waals surface area contributed by atoms with E-state index in [0.29, 0.717) is 5.56 Å². The van der Waals surface area contributed by atoms with Crippen LogP contribution in [0.2, 0.25) is 0 Å². The van der Waals surface area contributed by atoms with Crippen molar-refractivity contribution < 1.29 is 18.3 Å². The highest BCUT2D eigenvalue weighted by Crippen LogP contribution is 2.43. The molecule has 0 bridgehead atoms. The van der Waals surface area contributed by atoms with Crippen LogP contribution < -0.4 is 0 Å². The fourth-order valence-corrected chi connectivity index (χ4v) is 5.72. The number of carbonyl (C=O) groups excluding carboxylic acids is 1. The molecule has 0 unspecified atom stereocenters. The van der Waals surface area contributed by atoms with Gasteiger partial charge in [0, 0.05) is 6.54 Å². The Labute approximate surface area is 194 Å². The minimum absolute atomic E-state index is 0.0508. The van der Waals surface area contributed by atoms with Crippen molar-refractivity contribution in [2.45, 2.75) is 44.7 Å². The molecule has 0 radical (unpaired) electrons. The molecule has 4 rings (SSSR count). The number of benzene rings is 3. The molecule has 5 nitrogen and oxygen atoms in total. The molecule has 3 aromatic carbocycles. The Kier molecular flexibility index (Phi) is 6.13. The molecule has 3 aromatic rings. The van der Waals surface area contributed by atoms with E-state index in [9.17, 15) is 18.3 Å². The molecule has 170 valence electrons. The van der Waals surface area contributed by atoms with Gasteiger partial charge in [0.05, 0.1) is 10.9 Å². The summed E-state index contributed by atoms with van der Waals surface area (Å²) < 4.78 is 27.3. The summed E-state index contributed by atoms with van der Waals surface area (Å²) in [6, 6.07) is 20.7. The second-order valence-corrected chi connectivity index (χ2v) is 10.4. The van der Waals surface area contributed by atoms with Crippen molar-refractivity contribution in [3.8, 4) is 0 Å². The summed E-state index contributed by atoms with van der Waals surface area (Å²) in [5.41, 5.74) is 4.60. The van der Waals surface area contributed by atoms with Crippen molar-refractivity contribution in [2.75, 3.05) is 0 Å². The van der Waals surface area contributed by atoms with Crippen LogP contribution in [0.5, 0.6) is 0 Å². The van der Waals surface area contributed by atoms with E-state index in [-0.39, 0.29) is 16.3 Å². The highest BCUT2D eigenvalue weighted by molar-refractivity contribution is 7.95. The lowest BCUT2D eigenvalue weighted by Crippen LogP contribution is -2.30. The van der Waals surface area contributed by atoms with Gasteiger partial charge < -0.3 is 10.0 Å². The first-order chi connectivity index (χ1) is 15.7. The van der Waals surface area contributed by atoms with E-state index in [1.54, 1.807) is 12.1 Å². The number of aliphatic hydroxyl groups is 1. The maximum Gasteiger partial charge on any atom is 0.290 e. The predicted molar refractivity (Wildman–Crippen MR) is 128 cm³/mol. The van der Waals surface area contributed by atoms with Crippen LogP contribution in [0.1, 0.15) is 40.8 Å². The van der Waals surface area contributed by atoms with Gasteiger partial charge in [0.25, 0.3) is 5.91 Å². The summed E-state index contributed by atoms with van der Waals surface area (Å²) in [5, 5.41) is 10.8. The third kappa shape index (κ3) is 4.31. The van der Waals surface area contributed by atoms with Gasteiger partial charge in [0.1, 0.15) is 4.91 Å². The zero-order valence-corrected chi connectivity index (χ0v) is 19.8. The number of rotatable bonds is 6. The zero-order chi connectivity index (χ0) is 23.8. The Morgan fingerprint density at radius 1 is 0.818 bits per heavy atom. The summed E-state index contributed by atoms with van der Waals surface area (Å²) in [6.07, 6.45) is 0.840. The van der Waals surface area contributed by atoms with E-state index in [1.165, 1.54) is 17.0 Å². The van der Waals surface area contributed by atoms with Gasteiger partial charge in [-0.2, -0.15) is 0 Å². The molecule has 1 aliphatic rings. The van der Waals surface area contributed by atoms with Crippen LogP contribution in [-0.2, 0) is 27.6 Å². The third-order valence-electron chi connectivity index (χ3n) is 6.05. The summed E-state index contributed by atoms with van der Waals surface area (Å²) >= 11 is 0. The zero-order valence-electron chi connectivity index (χ0n) is 18.9. The monoisotopic (exact) mass is 461 g/mol. The Hall–Kier alpha value is -3.38. The molecular weight excluding hydrogens is 434 g/mol. The van der Waals surface area contributed by atoms with Gasteiger partial charge in [-0.3, -0.25) is 4.79 Å². The van der Waals surface area contributed by atoms with E-state index in [0.717, 1.165) is 28.7 Å². The molecule has 0 spiro atoms. The summed E-state index contributed by atoms with van der Waals surface area (Å²) in [7, 11) is -4.12. The average Bonchev–Trinajstić information content (AvgIpc) is 3.06. The molecule has 1 aliphatic heterocycles. The third-order valence-corrected chi connectivity index (χ3v) is 7.94. The van der Waals surface area contributed by atoms with Crippen LogP contribution in [0, 0.1) is 13.8 Å². The highest BCUT2D eigenvalue weighted by Gasteiger charge is 2.46. The van der Waals surface area contributed by atoms with Gasteiger partial charge in [0.15, 0.2) is 5.76 Å². The SMILES string of the molecule is CCc1ccc([C@@H]2C(S(=O)(=O)c3ccc(C)cc3)=C(O)C(=O)N2Cc2ccc(C)cc2)cc1. The van der Waals surface area contributed by atoms with Gasteiger partial charge in [-0.15, -0.1) is 0 Å². The van der Waals surface area contributed by atoms with Crippen LogP contribution in [-0.4, -0.2) is 24.3 Å². The molecule has 1 N–H and O–H groups in total. The Morgan fingerprint density at radius 3 is 1.88 bits per heavy atom. The van der Waals surface area contributed by atoms with E-state index in [4.69, 9.17) is 0 Å². The summed E-state index contributed by atoms with van der Waals surface area (Å²) in [4.78, 5) is 14.4. The molecular formula is C27H27NO4S. The Bertz CT molecular complexity index is 1310. The number of sulfone groups is 1. The van der Waals surface area contributed by atoms with Crippen molar-refractivity contribution in [1.82, 2.24) is 4.90 Å². The largest absolute Gasteiger partial charge is 0.502 e. The van der Waals surface area contributed by atoms with E-state index in [2.05, 4.69) is 0 Å². The first-order valence-corrected chi connectivity index (χ1v) is 12.4. The maximum absolute atomic E-state index is 13.7. The van der Waals surface area contributed by atoms with Gasteiger partial charge in [0.2, 0.25) is 9.84 Å². The molecule has 0 saturated carbocycles. The van der Waals surface area contributed by atoms with Crippen LogP contribution >= 0.6 is 0 Å². The molecule has 1 amide bonds. The summed E-state index contributed by atoms with van der Waals surface area (Å²) in [6.45, 7) is 6.06. The second kappa shape index (κ2) is 8.87. The summed E-state index contributed by atoms with van der Waals surface area (Å²) in [5.74, 6) is -1.40. The smallest absolute Gasteiger partial charge is 0.290 e. The normalized spacial score (nSPS) is 16.5. The standard InChI is InChI=1S/C27H27NO4S/c1-4-20-11-13-22(14-12-20)24-26(33(31,32)23-15-7-19(3)8-16-23)25(29)27(30)28(24)17-21-9-5-18(2)6-10-21/h5-16,24,29H,4,17H2,1-3H3/t24-/m1/s1. The number of carbonyl (C=O) groups is 1. The number of aryl methyl sites for hydroxylation is 3. The van der Waals surface area contributed by atoms with Gasteiger partial charge in [-0.1, -0.05) is 78.7 Å². The van der Waals surface area contributed by atoms with Gasteiger partial charge in [-0.25, -0.2) is 8.42 Å². The Morgan fingerprint density at radius 2 is 1.33 bits per heavy atom. The minimum atomic E-state index is -4.12. The lowest BCUT2D eigenvalue weighted by Gasteiger charge is -2.27. The van der Waals surface area contributed by atoms with E-state index < -0.39 is 27.5 Å². The number of aliphatic hydroxyl groups excluding tert-OH is 1. The fourth-order valence-electron chi connectivity index (χ4n) is 4.07. The molecule has 33 heavy (non-hydrogen) atoms. The predicted octanol–water partition coefficient (Wildman–Crippen LogP) is 5.19. The minimum Gasteiger partial charge on any atom is -0.502 e. The van der Waals surface area contributed by atoms with Gasteiger partial charge in [-0.05, 0) is 49.1 Å². The molecule has 0 aliphatic carbocycles. The second-order valence-electron chi connectivity index (χ2n) is 8.45. The molecule has 6 heteroatoms. The average molecular weight is 462 g/mol. The van der Waals surface area contributed by atoms with Crippen LogP contribution in [0.25, 0.3) is 0 Å². The molecule has 1 atom stereocenters. The molecule has 0 saturated heterocycles. The lowest BCUT2D eigenvalue weighted by molar-refractivity contribution is -0.130. The molecule has 0 fully saturated rings. The number of hydrogen-bond donors (Lipinski definition) is 1. The Balaban J connectivity index is 1.84. The van der Waals surface area contributed by atoms with E-state index >= 15 is 0 Å². The number of amides is 1. The van der Waals surface area contributed by atoms with Crippen molar-refractivity contribution in [3.05, 3.63) is 111 Å². The van der Waals surface area contributed by atoms with Crippen molar-refractivity contribution in [2.24, 2.45) is 0 Å². The maximum atomic E-state index is 13.7. The first-order valence-electron chi connectivity index (χ1n) is 10.9. The van der Waals surface area contributed by atoms with E-state index in [1.807, 2.05) is 69.3 Å². The van der Waals surface area contributed by atoms with Crippen molar-refractivity contribution in [1.29, 1.82) is 0 Å². The molecule has 0 aromatic heterocycles.